The molecule has 3 aromatic rings. The van der Waals surface area contributed by atoms with Gasteiger partial charge in [0.05, 0.1) is 12.3 Å². The maximum atomic E-state index is 11.9. The molecular weight excluding hydrogens is 388 g/mol. The van der Waals surface area contributed by atoms with E-state index in [1.54, 1.807) is 18.4 Å². The van der Waals surface area contributed by atoms with Crippen molar-refractivity contribution in [2.45, 2.75) is 13.8 Å². The Hall–Kier alpha value is -2.71. The van der Waals surface area contributed by atoms with Gasteiger partial charge in [-0.3, -0.25) is 4.79 Å². The van der Waals surface area contributed by atoms with Crippen LogP contribution in [0, 0.1) is 6.92 Å². The Morgan fingerprint density at radius 1 is 1.30 bits per heavy atom. The van der Waals surface area contributed by atoms with Gasteiger partial charge >= 0.3 is 5.97 Å². The van der Waals surface area contributed by atoms with Gasteiger partial charge in [-0.25, -0.2) is 9.78 Å². The number of rotatable bonds is 6. The predicted molar refractivity (Wildman–Crippen MR) is 105 cm³/mol. The summed E-state index contributed by atoms with van der Waals surface area (Å²) in [7, 11) is 0. The van der Waals surface area contributed by atoms with Crippen LogP contribution in [-0.4, -0.2) is 39.1 Å². The summed E-state index contributed by atoms with van der Waals surface area (Å²) in [6, 6.07) is 9.59. The lowest BCUT2D eigenvalue weighted by Gasteiger charge is -2.04. The zero-order valence-electron chi connectivity index (χ0n) is 14.7. The van der Waals surface area contributed by atoms with Crippen LogP contribution in [0.1, 0.15) is 23.0 Å². The summed E-state index contributed by atoms with van der Waals surface area (Å²) in [5.74, 6) is -0.634. The van der Waals surface area contributed by atoms with E-state index in [9.17, 15) is 9.59 Å². The van der Waals surface area contributed by atoms with E-state index in [4.69, 9.17) is 16.3 Å². The lowest BCUT2D eigenvalue weighted by molar-refractivity contribution is -0.114. The van der Waals surface area contributed by atoms with Crippen molar-refractivity contribution in [1.82, 2.24) is 14.8 Å². The molecule has 1 amide bonds. The second-order valence-electron chi connectivity index (χ2n) is 5.61. The molecule has 9 heteroatoms. The van der Waals surface area contributed by atoms with Gasteiger partial charge in [-0.1, -0.05) is 29.8 Å². The molecule has 3 rings (SSSR count). The second kappa shape index (κ2) is 8.32. The number of hydrogen-bond donors (Lipinski definition) is 1. The number of aromatic nitrogens is 3. The van der Waals surface area contributed by atoms with Crippen molar-refractivity contribution < 1.29 is 14.3 Å². The molecule has 0 radical (unpaired) electrons. The minimum absolute atomic E-state index is 0.184. The van der Waals surface area contributed by atoms with Crippen molar-refractivity contribution in [1.29, 1.82) is 0 Å². The van der Waals surface area contributed by atoms with Crippen LogP contribution in [0.3, 0.4) is 0 Å². The quantitative estimate of drug-likeness (QED) is 0.500. The molecule has 0 aliphatic rings. The Bertz CT molecular complexity index is 965. The molecule has 0 unspecified atom stereocenters. The molecular formula is C18H17ClN4O3S. The minimum atomic E-state index is -0.503. The van der Waals surface area contributed by atoms with Crippen LogP contribution >= 0.6 is 22.9 Å². The van der Waals surface area contributed by atoms with Crippen molar-refractivity contribution >= 4 is 40.6 Å². The first-order valence-electron chi connectivity index (χ1n) is 8.17. The van der Waals surface area contributed by atoms with E-state index in [1.165, 1.54) is 16.0 Å². The van der Waals surface area contributed by atoms with Crippen LogP contribution in [-0.2, 0) is 9.53 Å². The summed E-state index contributed by atoms with van der Waals surface area (Å²) in [6.45, 7) is 4.00. The average Bonchev–Trinajstić information content (AvgIpc) is 3.29. The van der Waals surface area contributed by atoms with Crippen molar-refractivity contribution in [2.75, 3.05) is 17.8 Å². The normalized spacial score (nSPS) is 10.6. The summed E-state index contributed by atoms with van der Waals surface area (Å²) < 4.78 is 6.44. The third-order valence-electron chi connectivity index (χ3n) is 3.60. The van der Waals surface area contributed by atoms with E-state index < -0.39 is 5.97 Å². The van der Waals surface area contributed by atoms with Crippen LogP contribution in [0.15, 0.2) is 35.7 Å². The molecule has 1 N–H and O–H groups in total. The molecule has 0 bridgehead atoms. The molecule has 0 aliphatic carbocycles. The Morgan fingerprint density at radius 2 is 2.04 bits per heavy atom. The summed E-state index contributed by atoms with van der Waals surface area (Å²) in [6.07, 6.45) is 0. The number of thiazole rings is 1. The third kappa shape index (κ3) is 4.35. The summed E-state index contributed by atoms with van der Waals surface area (Å²) in [4.78, 5) is 27.9. The van der Waals surface area contributed by atoms with Gasteiger partial charge in [0.2, 0.25) is 11.0 Å². The van der Waals surface area contributed by atoms with Gasteiger partial charge in [-0.05, 0) is 13.8 Å². The fourth-order valence-electron chi connectivity index (χ4n) is 2.32. The molecule has 0 spiro atoms. The number of ether oxygens (including phenoxy) is 1. The minimum Gasteiger partial charge on any atom is -0.461 e. The lowest BCUT2D eigenvalue weighted by Crippen LogP contribution is -2.16. The van der Waals surface area contributed by atoms with Gasteiger partial charge in [0, 0.05) is 17.0 Å². The number of benzene rings is 1. The van der Waals surface area contributed by atoms with Gasteiger partial charge in [0.1, 0.15) is 11.7 Å². The maximum absolute atomic E-state index is 11.9. The first-order chi connectivity index (χ1) is 13.0. The lowest BCUT2D eigenvalue weighted by atomic mass is 10.1. The first-order valence-corrected chi connectivity index (χ1v) is 9.59. The standard InChI is InChI=1S/C18H17ClN4O3S/c1-3-26-17(25)14-10-27-18(20-14)23-15(21-16(24)9-19)8-13(22-23)12-6-4-11(2)5-7-12/h4-8,10H,3,9H2,1-2H3,(H,21,24). The second-order valence-corrected chi connectivity index (χ2v) is 6.71. The molecule has 0 saturated carbocycles. The molecule has 0 saturated heterocycles. The van der Waals surface area contributed by atoms with Crippen molar-refractivity contribution in [2.24, 2.45) is 0 Å². The molecule has 2 heterocycles. The number of carbonyl (C=O) groups is 2. The number of amides is 1. The number of anilines is 1. The SMILES string of the molecule is CCOC(=O)c1csc(-n2nc(-c3ccc(C)cc3)cc2NC(=O)CCl)n1. The van der Waals surface area contributed by atoms with E-state index in [-0.39, 0.29) is 24.1 Å². The Balaban J connectivity index is 2.00. The zero-order chi connectivity index (χ0) is 19.4. The number of carbonyl (C=O) groups excluding carboxylic acids is 2. The largest absolute Gasteiger partial charge is 0.461 e. The van der Waals surface area contributed by atoms with E-state index in [0.717, 1.165) is 11.1 Å². The highest BCUT2D eigenvalue weighted by Gasteiger charge is 2.18. The Morgan fingerprint density at radius 3 is 2.70 bits per heavy atom. The number of nitrogens with one attached hydrogen (secondary N) is 1. The molecule has 7 nitrogen and oxygen atoms in total. The smallest absolute Gasteiger partial charge is 0.357 e. The number of alkyl halides is 1. The molecule has 140 valence electrons. The highest BCUT2D eigenvalue weighted by atomic mass is 35.5. The van der Waals surface area contributed by atoms with E-state index in [0.29, 0.717) is 16.6 Å². The highest BCUT2D eigenvalue weighted by Crippen LogP contribution is 2.27. The monoisotopic (exact) mass is 404 g/mol. The third-order valence-corrected chi connectivity index (χ3v) is 4.66. The molecule has 0 fully saturated rings. The number of esters is 1. The highest BCUT2D eigenvalue weighted by molar-refractivity contribution is 7.12. The summed E-state index contributed by atoms with van der Waals surface area (Å²) >= 11 is 6.83. The summed E-state index contributed by atoms with van der Waals surface area (Å²) in [5.41, 5.74) is 2.88. The fourth-order valence-corrected chi connectivity index (χ4v) is 3.14. The molecule has 27 heavy (non-hydrogen) atoms. The number of nitrogens with zero attached hydrogens (tertiary/aromatic N) is 3. The van der Waals surface area contributed by atoms with Gasteiger partial charge in [-0.2, -0.15) is 9.78 Å². The molecule has 0 atom stereocenters. The van der Waals surface area contributed by atoms with Crippen LogP contribution in [0.2, 0.25) is 0 Å². The number of halogens is 1. The van der Waals surface area contributed by atoms with Crippen LogP contribution < -0.4 is 5.32 Å². The van der Waals surface area contributed by atoms with Gasteiger partial charge in [-0.15, -0.1) is 22.9 Å². The molecule has 0 aliphatic heterocycles. The Labute approximate surface area is 164 Å². The van der Waals surface area contributed by atoms with Crippen molar-refractivity contribution in [3.05, 3.63) is 47.0 Å². The topological polar surface area (TPSA) is 86.1 Å². The molecule has 1 aromatic carbocycles. The van der Waals surface area contributed by atoms with E-state index >= 15 is 0 Å². The number of aryl methyl sites for hydroxylation is 1. The maximum Gasteiger partial charge on any atom is 0.357 e. The van der Waals surface area contributed by atoms with Crippen LogP contribution in [0.25, 0.3) is 16.4 Å². The van der Waals surface area contributed by atoms with Crippen LogP contribution in [0.5, 0.6) is 0 Å². The predicted octanol–water partition coefficient (Wildman–Crippen LogP) is 3.66. The van der Waals surface area contributed by atoms with E-state index in [2.05, 4.69) is 15.4 Å². The average molecular weight is 405 g/mol. The zero-order valence-corrected chi connectivity index (χ0v) is 16.3. The van der Waals surface area contributed by atoms with Crippen molar-refractivity contribution in [3.8, 4) is 16.4 Å². The van der Waals surface area contributed by atoms with Gasteiger partial charge in [0.25, 0.3) is 0 Å². The van der Waals surface area contributed by atoms with Gasteiger partial charge in [0.15, 0.2) is 5.69 Å². The van der Waals surface area contributed by atoms with Gasteiger partial charge < -0.3 is 10.1 Å². The fraction of sp³-hybridized carbons (Fsp3) is 0.222. The van der Waals surface area contributed by atoms with Crippen molar-refractivity contribution in [3.63, 3.8) is 0 Å². The Kier molecular flexibility index (Phi) is 5.88. The summed E-state index contributed by atoms with van der Waals surface area (Å²) in [5, 5.41) is 9.27. The number of hydrogen-bond acceptors (Lipinski definition) is 6. The van der Waals surface area contributed by atoms with Crippen LogP contribution in [0.4, 0.5) is 5.82 Å². The first kappa shape index (κ1) is 19.1. The van der Waals surface area contributed by atoms with E-state index in [1.807, 2.05) is 31.2 Å². The molecule has 2 aromatic heterocycles.